The Labute approximate surface area is 169 Å². The number of rotatable bonds is 9. The number of fused-ring (bicyclic) bond motifs is 1. The van der Waals surface area contributed by atoms with Gasteiger partial charge in [0.25, 0.3) is 5.91 Å². The Morgan fingerprint density at radius 1 is 1.21 bits per heavy atom. The van der Waals surface area contributed by atoms with Crippen LogP contribution in [0.15, 0.2) is 30.5 Å². The van der Waals surface area contributed by atoms with Crippen molar-refractivity contribution in [2.75, 3.05) is 38.7 Å². The molecule has 1 aromatic carbocycles. The summed E-state index contributed by atoms with van der Waals surface area (Å²) in [5, 5.41) is 5.06. The number of hydrogen-bond donors (Lipinski definition) is 0. The first kappa shape index (κ1) is 20.3. The van der Waals surface area contributed by atoms with E-state index < -0.39 is 0 Å². The smallest absolute Gasteiger partial charge is 0.280 e. The van der Waals surface area contributed by atoms with Crippen molar-refractivity contribution in [3.8, 4) is 5.75 Å². The van der Waals surface area contributed by atoms with Gasteiger partial charge in [0, 0.05) is 19.3 Å². The molecule has 0 atom stereocenters. The third-order valence-corrected chi connectivity index (χ3v) is 5.36. The highest BCUT2D eigenvalue weighted by Gasteiger charge is 2.23. The Hall–Kier alpha value is -2.45. The van der Waals surface area contributed by atoms with Crippen molar-refractivity contribution >= 4 is 32.6 Å². The number of ether oxygens (including phenoxy) is 1. The largest absolute Gasteiger partial charge is 0.492 e. The molecule has 3 rings (SSSR count). The number of nitrogens with zero attached hydrogens (tertiary/aromatic N) is 5. The van der Waals surface area contributed by atoms with Crippen molar-refractivity contribution in [1.29, 1.82) is 0 Å². The van der Waals surface area contributed by atoms with Crippen LogP contribution in [0.5, 0.6) is 5.75 Å². The van der Waals surface area contributed by atoms with Gasteiger partial charge in [-0.15, -0.1) is 0 Å². The number of carbonyl (C=O) groups is 1. The number of benzene rings is 1. The summed E-state index contributed by atoms with van der Waals surface area (Å²) in [4.78, 5) is 21.8. The number of hydrogen-bond acceptors (Lipinski definition) is 6. The lowest BCUT2D eigenvalue weighted by atomic mass is 10.3. The second kappa shape index (κ2) is 9.16. The first-order valence-corrected chi connectivity index (χ1v) is 10.4. The molecule has 7 nitrogen and oxygen atoms in total. The Kier molecular flexibility index (Phi) is 6.64. The van der Waals surface area contributed by atoms with Crippen LogP contribution in [0.25, 0.3) is 10.2 Å². The van der Waals surface area contributed by atoms with Gasteiger partial charge in [0.1, 0.15) is 11.3 Å². The van der Waals surface area contributed by atoms with E-state index in [1.165, 1.54) is 11.3 Å². The standard InChI is InChI=1S/C20H27N5O2S/c1-5-24-14-11-15(22-24)19(26)25(13-8-12-23(3)4)20-21-18-16(27-6-2)9-7-10-17(18)28-20/h7,9-11,14H,5-6,8,12-13H2,1-4H3. The summed E-state index contributed by atoms with van der Waals surface area (Å²) >= 11 is 1.51. The highest BCUT2D eigenvalue weighted by molar-refractivity contribution is 7.22. The molecule has 0 radical (unpaired) electrons. The molecule has 0 unspecified atom stereocenters. The van der Waals surface area contributed by atoms with E-state index in [1.54, 1.807) is 15.6 Å². The molecule has 0 saturated heterocycles. The molecule has 0 bridgehead atoms. The van der Waals surface area contributed by atoms with Gasteiger partial charge >= 0.3 is 0 Å². The Morgan fingerprint density at radius 2 is 2.04 bits per heavy atom. The second-order valence-corrected chi connectivity index (χ2v) is 7.71. The van der Waals surface area contributed by atoms with Gasteiger partial charge < -0.3 is 9.64 Å². The molecule has 0 aliphatic carbocycles. The van der Waals surface area contributed by atoms with Crippen LogP contribution in [0, 0.1) is 0 Å². The minimum atomic E-state index is -0.122. The van der Waals surface area contributed by atoms with Gasteiger partial charge in [0.05, 0.1) is 11.3 Å². The van der Waals surface area contributed by atoms with Crippen LogP contribution in [-0.2, 0) is 6.54 Å². The van der Waals surface area contributed by atoms with Gasteiger partial charge in [-0.25, -0.2) is 4.98 Å². The van der Waals surface area contributed by atoms with E-state index in [4.69, 9.17) is 9.72 Å². The SMILES string of the molecule is CCOc1cccc2sc(N(CCCN(C)C)C(=O)c3ccn(CC)n3)nc12. The van der Waals surface area contributed by atoms with Gasteiger partial charge in [0.15, 0.2) is 10.8 Å². The molecule has 0 saturated carbocycles. The molecule has 0 aliphatic heterocycles. The number of amides is 1. The average molecular weight is 402 g/mol. The van der Waals surface area contributed by atoms with Crippen LogP contribution in [-0.4, -0.2) is 59.4 Å². The highest BCUT2D eigenvalue weighted by atomic mass is 32.1. The summed E-state index contributed by atoms with van der Waals surface area (Å²) in [5.74, 6) is 0.626. The first-order chi connectivity index (χ1) is 13.5. The van der Waals surface area contributed by atoms with E-state index in [9.17, 15) is 4.79 Å². The van der Waals surface area contributed by atoms with Crippen molar-refractivity contribution in [2.24, 2.45) is 0 Å². The van der Waals surface area contributed by atoms with Crippen molar-refractivity contribution in [2.45, 2.75) is 26.8 Å². The lowest BCUT2D eigenvalue weighted by Gasteiger charge is -2.20. The number of aromatic nitrogens is 3. The number of aryl methyl sites for hydroxylation is 1. The Morgan fingerprint density at radius 3 is 2.71 bits per heavy atom. The monoisotopic (exact) mass is 401 g/mol. The fourth-order valence-electron chi connectivity index (χ4n) is 2.92. The van der Waals surface area contributed by atoms with Crippen LogP contribution in [0.3, 0.4) is 0 Å². The van der Waals surface area contributed by atoms with Crippen molar-refractivity contribution in [1.82, 2.24) is 19.7 Å². The summed E-state index contributed by atoms with van der Waals surface area (Å²) in [7, 11) is 4.06. The molecule has 3 aromatic rings. The summed E-state index contributed by atoms with van der Waals surface area (Å²) in [5.41, 5.74) is 1.24. The second-order valence-electron chi connectivity index (χ2n) is 6.70. The minimum absolute atomic E-state index is 0.122. The summed E-state index contributed by atoms with van der Waals surface area (Å²) in [6.45, 7) is 6.73. The van der Waals surface area contributed by atoms with Crippen molar-refractivity contribution in [3.63, 3.8) is 0 Å². The van der Waals surface area contributed by atoms with E-state index in [2.05, 4.69) is 10.00 Å². The third kappa shape index (κ3) is 4.51. The maximum atomic E-state index is 13.2. The number of anilines is 1. The molecule has 0 fully saturated rings. The van der Waals surface area contributed by atoms with Crippen LogP contribution in [0.4, 0.5) is 5.13 Å². The van der Waals surface area contributed by atoms with Crippen LogP contribution in [0.2, 0.25) is 0 Å². The zero-order chi connectivity index (χ0) is 20.1. The molecular formula is C20H27N5O2S. The molecule has 0 spiro atoms. The van der Waals surface area contributed by atoms with E-state index in [0.717, 1.165) is 35.5 Å². The van der Waals surface area contributed by atoms with Gasteiger partial charge in [-0.3, -0.25) is 14.4 Å². The normalized spacial score (nSPS) is 11.3. The van der Waals surface area contributed by atoms with Crippen LogP contribution in [0.1, 0.15) is 30.8 Å². The molecule has 2 aromatic heterocycles. The fourth-order valence-corrected chi connectivity index (χ4v) is 3.93. The van der Waals surface area contributed by atoms with E-state index >= 15 is 0 Å². The number of para-hydroxylation sites is 1. The number of carbonyl (C=O) groups excluding carboxylic acids is 1. The summed E-state index contributed by atoms with van der Waals surface area (Å²) in [6, 6.07) is 7.64. The lowest BCUT2D eigenvalue weighted by Crippen LogP contribution is -2.33. The lowest BCUT2D eigenvalue weighted by molar-refractivity contribution is 0.0980. The number of thiazole rings is 1. The molecule has 8 heteroatoms. The molecular weight excluding hydrogens is 374 g/mol. The summed E-state index contributed by atoms with van der Waals surface area (Å²) in [6.07, 6.45) is 2.68. The van der Waals surface area contributed by atoms with Crippen LogP contribution >= 0.6 is 11.3 Å². The topological polar surface area (TPSA) is 63.5 Å². The quantitative estimate of drug-likeness (QED) is 0.549. The van der Waals surface area contributed by atoms with Gasteiger partial charge in [0.2, 0.25) is 0 Å². The highest BCUT2D eigenvalue weighted by Crippen LogP contribution is 2.34. The predicted molar refractivity (Wildman–Crippen MR) is 114 cm³/mol. The Balaban J connectivity index is 1.94. The van der Waals surface area contributed by atoms with E-state index in [1.807, 2.05) is 52.3 Å². The Bertz CT molecular complexity index is 934. The van der Waals surface area contributed by atoms with E-state index in [0.29, 0.717) is 24.0 Å². The fraction of sp³-hybridized carbons (Fsp3) is 0.450. The van der Waals surface area contributed by atoms with Gasteiger partial charge in [-0.05, 0) is 59.1 Å². The molecule has 0 aliphatic rings. The maximum absolute atomic E-state index is 13.2. The molecule has 1 amide bonds. The zero-order valence-corrected chi connectivity index (χ0v) is 17.7. The first-order valence-electron chi connectivity index (χ1n) is 9.55. The summed E-state index contributed by atoms with van der Waals surface area (Å²) < 4.78 is 8.47. The molecule has 28 heavy (non-hydrogen) atoms. The predicted octanol–water partition coefficient (Wildman–Crippen LogP) is 3.51. The third-order valence-electron chi connectivity index (χ3n) is 4.32. The van der Waals surface area contributed by atoms with Gasteiger partial charge in [-0.1, -0.05) is 17.4 Å². The van der Waals surface area contributed by atoms with Crippen LogP contribution < -0.4 is 9.64 Å². The average Bonchev–Trinajstić information content (AvgIpc) is 3.32. The molecule has 0 N–H and O–H groups in total. The minimum Gasteiger partial charge on any atom is -0.492 e. The van der Waals surface area contributed by atoms with E-state index in [-0.39, 0.29) is 5.91 Å². The maximum Gasteiger partial charge on any atom is 0.280 e. The molecule has 2 heterocycles. The molecule has 150 valence electrons. The van der Waals surface area contributed by atoms with Gasteiger partial charge in [-0.2, -0.15) is 5.10 Å². The van der Waals surface area contributed by atoms with Crippen molar-refractivity contribution < 1.29 is 9.53 Å². The zero-order valence-electron chi connectivity index (χ0n) is 16.9. The van der Waals surface area contributed by atoms with Crippen molar-refractivity contribution in [3.05, 3.63) is 36.2 Å².